The Kier molecular flexibility index (Phi) is 10.5. The van der Waals surface area contributed by atoms with Crippen LogP contribution in [0, 0.1) is 0 Å². The lowest BCUT2D eigenvalue weighted by atomic mass is 9.95. The van der Waals surface area contributed by atoms with E-state index >= 15 is 0 Å². The number of ether oxygens (including phenoxy) is 5. The number of carbonyl (C=O) groups excluding carboxylic acids is 1. The fourth-order valence-corrected chi connectivity index (χ4v) is 4.46. The van der Waals surface area contributed by atoms with Gasteiger partial charge in [0.25, 0.3) is 0 Å². The van der Waals surface area contributed by atoms with E-state index < -0.39 is 118 Å². The number of hydrogen-bond acceptors (Lipinski definition) is 16. The maximum absolute atomic E-state index is 11.5. The van der Waals surface area contributed by atoms with Crippen molar-refractivity contribution in [2.45, 2.75) is 99.0 Å². The van der Waals surface area contributed by atoms with E-state index in [1.807, 2.05) is 0 Å². The van der Waals surface area contributed by atoms with E-state index in [0.717, 1.165) is 6.92 Å². The third-order valence-corrected chi connectivity index (χ3v) is 6.50. The molecule has 216 valence electrons. The molecule has 3 fully saturated rings. The topological polar surface area (TPSA) is 278 Å². The van der Waals surface area contributed by atoms with Gasteiger partial charge >= 0.3 is 0 Å². The third kappa shape index (κ3) is 6.38. The standard InChI is InChI=1S/C20H35NO16/c1-5(25)21-9-12(28)16(8(4-24)33-18(9)32)36-20-15(31)17(11(27)7(3-23)35-20)37-19-14(30)13(29)10(26)6(2-22)34-19/h6-20,22-24,26-32H,2-4H2,1H3,(H,21,25)/t6-,7-,8-,9+,10+,11+,12-,13+,14-,15-,16-,17+,18+,19+,20+/m1/s1. The molecule has 0 spiro atoms. The Labute approximate surface area is 210 Å². The molecule has 3 saturated heterocycles. The summed E-state index contributed by atoms with van der Waals surface area (Å²) in [5, 5.41) is 103. The average molecular weight is 545 g/mol. The predicted octanol–water partition coefficient (Wildman–Crippen LogP) is -7.43. The van der Waals surface area contributed by atoms with E-state index in [1.54, 1.807) is 0 Å². The first kappa shape index (κ1) is 30.4. The molecule has 1 amide bonds. The molecule has 0 aliphatic carbocycles. The number of amides is 1. The summed E-state index contributed by atoms with van der Waals surface area (Å²) in [5.74, 6) is -0.627. The molecule has 0 unspecified atom stereocenters. The van der Waals surface area contributed by atoms with E-state index in [9.17, 15) is 55.9 Å². The summed E-state index contributed by atoms with van der Waals surface area (Å²) in [6.07, 6.45) is -23.4. The van der Waals surface area contributed by atoms with Gasteiger partial charge in [-0.25, -0.2) is 0 Å². The van der Waals surface area contributed by atoms with Gasteiger partial charge in [-0.3, -0.25) is 4.79 Å². The molecule has 0 saturated carbocycles. The molecule has 3 rings (SSSR count). The Morgan fingerprint density at radius 3 is 1.70 bits per heavy atom. The number of carbonyl (C=O) groups is 1. The molecule has 0 aromatic rings. The molecule has 3 heterocycles. The van der Waals surface area contributed by atoms with Crippen LogP contribution in [-0.4, -0.2) is 169 Å². The molecule has 3 aliphatic heterocycles. The number of rotatable bonds is 8. The van der Waals surface area contributed by atoms with E-state index in [4.69, 9.17) is 23.7 Å². The molecule has 0 radical (unpaired) electrons. The molecule has 37 heavy (non-hydrogen) atoms. The molecule has 3 aliphatic rings. The van der Waals surface area contributed by atoms with Crippen LogP contribution in [0.25, 0.3) is 0 Å². The Bertz CT molecular complexity index is 745. The minimum atomic E-state index is -1.91. The van der Waals surface area contributed by atoms with Crippen LogP contribution < -0.4 is 5.32 Å². The Hall–Kier alpha value is -1.13. The molecule has 15 atom stereocenters. The lowest BCUT2D eigenvalue weighted by Crippen LogP contribution is -2.68. The summed E-state index contributed by atoms with van der Waals surface area (Å²) in [7, 11) is 0. The van der Waals surface area contributed by atoms with Gasteiger partial charge in [0.15, 0.2) is 18.9 Å². The average Bonchev–Trinajstić information content (AvgIpc) is 2.86. The van der Waals surface area contributed by atoms with E-state index in [0.29, 0.717) is 0 Å². The fourth-order valence-electron chi connectivity index (χ4n) is 4.46. The monoisotopic (exact) mass is 545 g/mol. The van der Waals surface area contributed by atoms with Crippen molar-refractivity contribution >= 4 is 5.91 Å². The van der Waals surface area contributed by atoms with Gasteiger partial charge in [-0.1, -0.05) is 0 Å². The molecule has 0 aromatic heterocycles. The minimum Gasteiger partial charge on any atom is -0.394 e. The maximum Gasteiger partial charge on any atom is 0.217 e. The van der Waals surface area contributed by atoms with Crippen molar-refractivity contribution in [1.29, 1.82) is 0 Å². The molecule has 11 N–H and O–H groups in total. The van der Waals surface area contributed by atoms with Gasteiger partial charge in [-0.15, -0.1) is 0 Å². The first-order chi connectivity index (χ1) is 17.4. The van der Waals surface area contributed by atoms with Crippen molar-refractivity contribution < 1.29 is 79.5 Å². The highest BCUT2D eigenvalue weighted by molar-refractivity contribution is 5.73. The summed E-state index contributed by atoms with van der Waals surface area (Å²) in [6.45, 7) is -1.23. The van der Waals surface area contributed by atoms with Gasteiger partial charge in [0.05, 0.1) is 19.8 Å². The SMILES string of the molecule is CC(=O)N[C@H]1[C@@H](O)[C@H](O[C@@H]2O[C@H](CO)[C@H](O)[C@H](O[C@@H]3O[C@H](CO)[C@H](O)[C@H](O)[C@H]3O)[C@H]2O)[C@@H](CO)O[C@@H]1O. The van der Waals surface area contributed by atoms with Crippen LogP contribution in [0.1, 0.15) is 6.92 Å². The van der Waals surface area contributed by atoms with E-state index in [1.165, 1.54) is 0 Å². The smallest absolute Gasteiger partial charge is 0.217 e. The molecular formula is C20H35NO16. The van der Waals surface area contributed by atoms with Crippen molar-refractivity contribution in [2.75, 3.05) is 19.8 Å². The largest absolute Gasteiger partial charge is 0.394 e. The fraction of sp³-hybridized carbons (Fsp3) is 0.950. The summed E-state index contributed by atoms with van der Waals surface area (Å²) in [5.41, 5.74) is 0. The molecule has 17 nitrogen and oxygen atoms in total. The first-order valence-electron chi connectivity index (χ1n) is 11.6. The highest BCUT2D eigenvalue weighted by Crippen LogP contribution is 2.32. The lowest BCUT2D eigenvalue weighted by Gasteiger charge is -2.48. The number of nitrogens with one attached hydrogen (secondary N) is 1. The van der Waals surface area contributed by atoms with Crippen molar-refractivity contribution in [3.63, 3.8) is 0 Å². The van der Waals surface area contributed by atoms with Gasteiger partial charge in [0, 0.05) is 6.92 Å². The summed E-state index contributed by atoms with van der Waals surface area (Å²) in [4.78, 5) is 11.5. The van der Waals surface area contributed by atoms with Crippen LogP contribution in [-0.2, 0) is 28.5 Å². The number of aliphatic hydroxyl groups excluding tert-OH is 10. The second-order valence-corrected chi connectivity index (χ2v) is 9.07. The van der Waals surface area contributed by atoms with Gasteiger partial charge in [-0.05, 0) is 0 Å². The molecular weight excluding hydrogens is 510 g/mol. The van der Waals surface area contributed by atoms with Crippen molar-refractivity contribution in [3.05, 3.63) is 0 Å². The van der Waals surface area contributed by atoms with E-state index in [-0.39, 0.29) is 0 Å². The quantitative estimate of drug-likeness (QED) is 0.135. The Balaban J connectivity index is 1.80. The molecule has 17 heteroatoms. The number of hydrogen-bond donors (Lipinski definition) is 11. The van der Waals surface area contributed by atoms with E-state index in [2.05, 4.69) is 5.32 Å². The lowest BCUT2D eigenvalue weighted by molar-refractivity contribution is -0.375. The highest BCUT2D eigenvalue weighted by Gasteiger charge is 2.53. The van der Waals surface area contributed by atoms with Crippen molar-refractivity contribution in [3.8, 4) is 0 Å². The van der Waals surface area contributed by atoms with Crippen LogP contribution in [0.2, 0.25) is 0 Å². The molecule has 0 aromatic carbocycles. The highest BCUT2D eigenvalue weighted by atomic mass is 16.7. The second-order valence-electron chi connectivity index (χ2n) is 9.07. The normalized spacial score (nSPS) is 49.0. The van der Waals surface area contributed by atoms with Gasteiger partial charge in [0.2, 0.25) is 5.91 Å². The van der Waals surface area contributed by atoms with Crippen LogP contribution in [0.3, 0.4) is 0 Å². The third-order valence-electron chi connectivity index (χ3n) is 6.50. The minimum absolute atomic E-state index is 0.627. The zero-order chi connectivity index (χ0) is 27.6. The Morgan fingerprint density at radius 1 is 0.649 bits per heavy atom. The van der Waals surface area contributed by atoms with Crippen molar-refractivity contribution in [1.82, 2.24) is 5.32 Å². The van der Waals surface area contributed by atoms with Crippen LogP contribution in [0.4, 0.5) is 0 Å². The zero-order valence-corrected chi connectivity index (χ0v) is 19.7. The Morgan fingerprint density at radius 2 is 1.16 bits per heavy atom. The summed E-state index contributed by atoms with van der Waals surface area (Å²) >= 11 is 0. The van der Waals surface area contributed by atoms with Crippen LogP contribution in [0.15, 0.2) is 0 Å². The first-order valence-corrected chi connectivity index (χ1v) is 11.6. The molecule has 0 bridgehead atoms. The van der Waals surface area contributed by atoms with Gasteiger partial charge in [0.1, 0.15) is 73.2 Å². The van der Waals surface area contributed by atoms with Gasteiger partial charge in [-0.2, -0.15) is 0 Å². The zero-order valence-electron chi connectivity index (χ0n) is 19.7. The maximum atomic E-state index is 11.5. The van der Waals surface area contributed by atoms with Crippen LogP contribution in [0.5, 0.6) is 0 Å². The second kappa shape index (κ2) is 12.8. The van der Waals surface area contributed by atoms with Crippen LogP contribution >= 0.6 is 0 Å². The summed E-state index contributed by atoms with van der Waals surface area (Å²) in [6, 6.07) is -1.40. The number of aliphatic hydroxyl groups is 10. The predicted molar refractivity (Wildman–Crippen MR) is 113 cm³/mol. The van der Waals surface area contributed by atoms with Gasteiger partial charge < -0.3 is 80.1 Å². The van der Waals surface area contributed by atoms with Crippen molar-refractivity contribution in [2.24, 2.45) is 0 Å². The summed E-state index contributed by atoms with van der Waals surface area (Å²) < 4.78 is 26.9.